The molecule has 3 fully saturated rings. The minimum absolute atomic E-state index is 0.154. The number of aromatic nitrogens is 2. The molecular weight excluding hydrogens is 705 g/mol. The van der Waals surface area contributed by atoms with Crippen LogP contribution in [0.25, 0.3) is 22.3 Å². The van der Waals surface area contributed by atoms with Crippen molar-refractivity contribution >= 4 is 55.1 Å². The highest BCUT2D eigenvalue weighted by Gasteiger charge is 2.62. The Morgan fingerprint density at radius 1 is 1.10 bits per heavy atom. The number of ether oxygens (including phenoxy) is 2. The molecule has 1 aliphatic heterocycles. The van der Waals surface area contributed by atoms with Gasteiger partial charge in [0.1, 0.15) is 28.8 Å². The van der Waals surface area contributed by atoms with E-state index in [2.05, 4.69) is 15.4 Å². The number of rotatable bonds is 9. The van der Waals surface area contributed by atoms with Crippen LogP contribution in [0.5, 0.6) is 11.5 Å². The number of nitrogens with zero attached hydrogens (tertiary/aromatic N) is 3. The van der Waals surface area contributed by atoms with Gasteiger partial charge in [-0.05, 0) is 77.3 Å². The van der Waals surface area contributed by atoms with Crippen molar-refractivity contribution in [3.63, 3.8) is 0 Å². The van der Waals surface area contributed by atoms with Gasteiger partial charge in [-0.3, -0.25) is 19.1 Å². The highest BCUT2D eigenvalue weighted by Crippen LogP contribution is 2.47. The third-order valence-electron chi connectivity index (χ3n) is 10.4. The minimum Gasteiger partial charge on any atom is -0.497 e. The number of hydrogen-bond donors (Lipinski definition) is 3. The molecular formula is C37H46N6O7S2. The van der Waals surface area contributed by atoms with Gasteiger partial charge in [0.25, 0.3) is 5.91 Å². The zero-order valence-electron chi connectivity index (χ0n) is 29.9. The molecule has 13 nitrogen and oxygen atoms in total. The van der Waals surface area contributed by atoms with Gasteiger partial charge in [-0.1, -0.05) is 12.2 Å². The number of fused-ring (bicyclic) bond motifs is 3. The summed E-state index contributed by atoms with van der Waals surface area (Å²) < 4.78 is 40.0. The normalized spacial score (nSPS) is 27.3. The van der Waals surface area contributed by atoms with Crippen molar-refractivity contribution in [3.05, 3.63) is 41.8 Å². The lowest BCUT2D eigenvalue weighted by Crippen LogP contribution is -2.54. The van der Waals surface area contributed by atoms with Crippen LogP contribution in [-0.2, 0) is 24.4 Å². The fourth-order valence-corrected chi connectivity index (χ4v) is 9.52. The summed E-state index contributed by atoms with van der Waals surface area (Å²) in [4.78, 5) is 53.2. The van der Waals surface area contributed by atoms with Crippen LogP contribution < -0.4 is 24.8 Å². The van der Waals surface area contributed by atoms with E-state index in [0.717, 1.165) is 29.8 Å². The van der Waals surface area contributed by atoms with E-state index in [0.29, 0.717) is 47.8 Å². The van der Waals surface area contributed by atoms with Crippen LogP contribution >= 0.6 is 11.3 Å². The maximum absolute atomic E-state index is 14.2. The van der Waals surface area contributed by atoms with Crippen molar-refractivity contribution < 1.29 is 32.3 Å². The Bertz CT molecular complexity index is 2010. The number of allylic oxidation sites excluding steroid dienone is 1. The summed E-state index contributed by atoms with van der Waals surface area (Å²) in [7, 11) is -0.479. The van der Waals surface area contributed by atoms with Crippen LogP contribution in [0.1, 0.15) is 65.2 Å². The van der Waals surface area contributed by atoms with Gasteiger partial charge >= 0.3 is 0 Å². The van der Waals surface area contributed by atoms with Gasteiger partial charge in [-0.2, -0.15) is 0 Å². The topological polar surface area (TPSA) is 169 Å². The Balaban J connectivity index is 1.19. The molecule has 3 N–H and O–H groups in total. The number of amides is 3. The van der Waals surface area contributed by atoms with Gasteiger partial charge in [0.05, 0.1) is 35.4 Å². The summed E-state index contributed by atoms with van der Waals surface area (Å²) in [5.74, 6) is -2.00. The van der Waals surface area contributed by atoms with Crippen molar-refractivity contribution in [1.29, 1.82) is 0 Å². The number of hydrogen-bond acceptors (Lipinski definition) is 11. The maximum Gasteiger partial charge on any atom is 0.259 e. The predicted octanol–water partition coefficient (Wildman–Crippen LogP) is 4.64. The quantitative estimate of drug-likeness (QED) is 0.262. The lowest BCUT2D eigenvalue weighted by atomic mass is 9.93. The van der Waals surface area contributed by atoms with Crippen LogP contribution in [0, 0.1) is 17.8 Å². The molecule has 0 bridgehead atoms. The minimum atomic E-state index is -3.83. The van der Waals surface area contributed by atoms with E-state index < -0.39 is 50.6 Å². The summed E-state index contributed by atoms with van der Waals surface area (Å²) in [6.07, 6.45) is 7.56. The second-order valence-corrected chi connectivity index (χ2v) is 17.6. The van der Waals surface area contributed by atoms with Crippen molar-refractivity contribution in [2.45, 2.75) is 88.1 Å². The molecule has 0 saturated heterocycles. The third-order valence-corrected chi connectivity index (χ3v) is 13.0. The number of carbonyl (C=O) groups excluding carboxylic acids is 3. The number of nitrogens with one attached hydrogen (secondary N) is 3. The van der Waals surface area contributed by atoms with Crippen LogP contribution in [-0.4, -0.2) is 84.6 Å². The van der Waals surface area contributed by atoms with Gasteiger partial charge in [0, 0.05) is 48.5 Å². The van der Waals surface area contributed by atoms with Gasteiger partial charge in [-0.25, -0.2) is 18.4 Å². The van der Waals surface area contributed by atoms with E-state index >= 15 is 0 Å². The van der Waals surface area contributed by atoms with E-state index in [1.165, 1.54) is 11.3 Å². The standard InChI is InChI=1S/C37H46N6O7S2/c1-21(2)38-36-40-31(20-51-36)30-18-32(26-13-10-23(49-4)17-29(26)39-30)50-24-15-27-28(16-24)34(45)43(3)14-8-6-5-7-9-22-19-37(22,41-33(27)44)35(46)42-52(47,48)25-11-12-25/h7,9-10,13,17-18,20-22,24-25,27-28H,5-6,8,11-12,14-16,19H2,1-4H3,(H,38,40)(H,41,44)(H,42,46)/b9-7-. The molecule has 3 saturated carbocycles. The Hall–Kier alpha value is -4.24. The van der Waals surface area contributed by atoms with Crippen molar-refractivity contribution in [3.8, 4) is 22.9 Å². The maximum atomic E-state index is 14.2. The molecule has 0 spiro atoms. The van der Waals surface area contributed by atoms with E-state index in [9.17, 15) is 22.8 Å². The Kier molecular flexibility index (Phi) is 9.93. The third kappa shape index (κ3) is 7.47. The molecule has 3 amide bonds. The first-order chi connectivity index (χ1) is 24.9. The number of carbonyl (C=O) groups is 3. The SMILES string of the molecule is COc1ccc2c(OC3CC4C(=O)NC5(C(=O)NS(=O)(=O)C6CC6)CC5/C=C\CCCCN(C)C(=O)C4C3)cc(-c3csc(NC(C)C)n3)nc2c1. The van der Waals surface area contributed by atoms with Gasteiger partial charge < -0.3 is 25.0 Å². The second kappa shape index (κ2) is 14.3. The monoisotopic (exact) mass is 750 g/mol. The van der Waals surface area contributed by atoms with Crippen molar-refractivity contribution in [1.82, 2.24) is 24.9 Å². The second-order valence-electron chi connectivity index (χ2n) is 14.8. The largest absolute Gasteiger partial charge is 0.497 e. The van der Waals surface area contributed by atoms with Gasteiger partial charge in [-0.15, -0.1) is 11.3 Å². The number of anilines is 1. The molecule has 2 aromatic heterocycles. The molecule has 3 heterocycles. The molecule has 5 atom stereocenters. The first-order valence-electron chi connectivity index (χ1n) is 18.0. The first-order valence-corrected chi connectivity index (χ1v) is 20.5. The molecule has 0 radical (unpaired) electrons. The van der Waals surface area contributed by atoms with Gasteiger partial charge in [0.15, 0.2) is 5.13 Å². The molecule has 7 rings (SSSR count). The van der Waals surface area contributed by atoms with Crippen LogP contribution in [0.15, 0.2) is 41.8 Å². The average Bonchev–Trinajstić information content (AvgIpc) is 3.99. The number of sulfonamides is 1. The fourth-order valence-electron chi connectivity index (χ4n) is 7.31. The van der Waals surface area contributed by atoms with Crippen LogP contribution in [0.4, 0.5) is 5.13 Å². The molecule has 4 aliphatic rings. The molecule has 3 aliphatic carbocycles. The average molecular weight is 751 g/mol. The smallest absolute Gasteiger partial charge is 0.259 e. The highest BCUT2D eigenvalue weighted by atomic mass is 32.2. The number of methoxy groups -OCH3 is 1. The van der Waals surface area contributed by atoms with E-state index in [1.54, 1.807) is 19.1 Å². The van der Waals surface area contributed by atoms with E-state index in [1.807, 2.05) is 55.6 Å². The Labute approximate surface area is 308 Å². The van der Waals surface area contributed by atoms with Crippen LogP contribution in [0.3, 0.4) is 0 Å². The van der Waals surface area contributed by atoms with E-state index in [-0.39, 0.29) is 37.1 Å². The van der Waals surface area contributed by atoms with Crippen LogP contribution in [0.2, 0.25) is 0 Å². The summed E-state index contributed by atoms with van der Waals surface area (Å²) in [5.41, 5.74) is 0.532. The van der Waals surface area contributed by atoms with Crippen molar-refractivity contribution in [2.75, 3.05) is 26.0 Å². The van der Waals surface area contributed by atoms with Gasteiger partial charge in [0.2, 0.25) is 21.8 Å². The summed E-state index contributed by atoms with van der Waals surface area (Å²) >= 11 is 1.48. The summed E-state index contributed by atoms with van der Waals surface area (Å²) in [6, 6.07) is 7.59. The van der Waals surface area contributed by atoms with Crippen molar-refractivity contribution in [2.24, 2.45) is 17.8 Å². The highest BCUT2D eigenvalue weighted by molar-refractivity contribution is 7.91. The summed E-state index contributed by atoms with van der Waals surface area (Å²) in [6.45, 7) is 4.64. The zero-order valence-corrected chi connectivity index (χ0v) is 31.5. The predicted molar refractivity (Wildman–Crippen MR) is 198 cm³/mol. The molecule has 52 heavy (non-hydrogen) atoms. The molecule has 1 aromatic carbocycles. The van der Waals surface area contributed by atoms with E-state index in [4.69, 9.17) is 19.4 Å². The number of pyridine rings is 1. The number of thiazole rings is 1. The molecule has 3 aromatic rings. The summed E-state index contributed by atoms with van der Waals surface area (Å²) in [5, 5.41) is 9.15. The molecule has 15 heteroatoms. The Morgan fingerprint density at radius 2 is 1.88 bits per heavy atom. The zero-order chi connectivity index (χ0) is 36.8. The lowest BCUT2D eigenvalue weighted by Gasteiger charge is -2.26. The lowest BCUT2D eigenvalue weighted by molar-refractivity contribution is -0.140. The number of benzene rings is 1. The first kappa shape index (κ1) is 36.1. The fraction of sp³-hybridized carbons (Fsp3) is 0.541. The molecule has 278 valence electrons. The molecule has 5 unspecified atom stereocenters. The Morgan fingerprint density at radius 3 is 2.63 bits per heavy atom.